The predicted molar refractivity (Wildman–Crippen MR) is 80.5 cm³/mol. The lowest BCUT2D eigenvalue weighted by Gasteiger charge is -2.28. The Balaban J connectivity index is 2.84. The number of nitrogens with one attached hydrogen (secondary N) is 1. The molecule has 0 spiro atoms. The van der Waals surface area contributed by atoms with Gasteiger partial charge in [0.15, 0.2) is 6.61 Å². The van der Waals surface area contributed by atoms with E-state index in [0.29, 0.717) is 0 Å². The molecule has 0 aliphatic heterocycles. The summed E-state index contributed by atoms with van der Waals surface area (Å²) in [4.78, 5) is 13.6. The first-order valence-electron chi connectivity index (χ1n) is 7.14. The highest BCUT2D eigenvalue weighted by Gasteiger charge is 2.29. The van der Waals surface area contributed by atoms with Crippen molar-refractivity contribution in [2.45, 2.75) is 39.1 Å². The highest BCUT2D eigenvalue weighted by Crippen LogP contribution is 2.26. The second kappa shape index (κ2) is 8.05. The molecule has 2 N–H and O–H groups in total. The standard InChI is InChI=1S/C15H21F3N2O3/c1-10(2)20(8-11(3)21)14(22)19-12-6-4-5-7-13(12)23-9-15(16,17)18/h4-7,10-11,21H,8-9H2,1-3H3,(H,19,22). The van der Waals surface area contributed by atoms with Crippen molar-refractivity contribution < 1.29 is 27.8 Å². The van der Waals surface area contributed by atoms with E-state index in [9.17, 15) is 23.1 Å². The molecule has 1 unspecified atom stereocenters. The Kier molecular flexibility index (Phi) is 6.68. The molecule has 0 heterocycles. The van der Waals surface area contributed by atoms with Crippen molar-refractivity contribution in [3.8, 4) is 5.75 Å². The van der Waals surface area contributed by atoms with E-state index in [1.54, 1.807) is 26.8 Å². The van der Waals surface area contributed by atoms with Gasteiger partial charge in [-0.2, -0.15) is 13.2 Å². The van der Waals surface area contributed by atoms with Crippen LogP contribution in [-0.4, -0.2) is 47.5 Å². The van der Waals surface area contributed by atoms with Crippen LogP contribution in [0.4, 0.5) is 23.7 Å². The first kappa shape index (κ1) is 19.1. The second-order valence-electron chi connectivity index (χ2n) is 5.43. The van der Waals surface area contributed by atoms with E-state index < -0.39 is 24.9 Å². The third kappa shape index (κ3) is 6.77. The largest absolute Gasteiger partial charge is 0.482 e. The average Bonchev–Trinajstić information content (AvgIpc) is 2.42. The maximum Gasteiger partial charge on any atom is 0.422 e. The number of hydrogen-bond acceptors (Lipinski definition) is 3. The van der Waals surface area contributed by atoms with Crippen molar-refractivity contribution in [1.29, 1.82) is 0 Å². The van der Waals surface area contributed by atoms with Crippen LogP contribution in [0.15, 0.2) is 24.3 Å². The number of alkyl halides is 3. The number of rotatable bonds is 6. The number of nitrogens with zero attached hydrogens (tertiary/aromatic N) is 1. The Hall–Kier alpha value is -1.96. The van der Waals surface area contributed by atoms with E-state index in [4.69, 9.17) is 4.74 Å². The van der Waals surface area contributed by atoms with Crippen LogP contribution in [0, 0.1) is 0 Å². The Labute approximate surface area is 133 Å². The molecule has 0 radical (unpaired) electrons. The molecule has 5 nitrogen and oxygen atoms in total. The Morgan fingerprint density at radius 3 is 2.43 bits per heavy atom. The average molecular weight is 334 g/mol. The number of para-hydroxylation sites is 2. The Bertz CT molecular complexity index is 519. The molecule has 0 saturated heterocycles. The highest BCUT2D eigenvalue weighted by molar-refractivity contribution is 5.91. The van der Waals surface area contributed by atoms with Gasteiger partial charge >= 0.3 is 12.2 Å². The molecular weight excluding hydrogens is 313 g/mol. The molecule has 0 saturated carbocycles. The highest BCUT2D eigenvalue weighted by atomic mass is 19.4. The summed E-state index contributed by atoms with van der Waals surface area (Å²) >= 11 is 0. The summed E-state index contributed by atoms with van der Waals surface area (Å²) in [7, 11) is 0. The minimum absolute atomic E-state index is 0.0704. The fourth-order valence-corrected chi connectivity index (χ4v) is 1.86. The molecule has 1 aromatic carbocycles. The maximum absolute atomic E-state index is 12.3. The van der Waals surface area contributed by atoms with Gasteiger partial charge in [-0.1, -0.05) is 12.1 Å². The zero-order valence-corrected chi connectivity index (χ0v) is 13.2. The Morgan fingerprint density at radius 2 is 1.91 bits per heavy atom. The lowest BCUT2D eigenvalue weighted by molar-refractivity contribution is -0.153. The summed E-state index contributed by atoms with van der Waals surface area (Å²) in [6, 6.07) is 5.17. The van der Waals surface area contributed by atoms with Crippen molar-refractivity contribution in [2.75, 3.05) is 18.5 Å². The molecule has 23 heavy (non-hydrogen) atoms. The van der Waals surface area contributed by atoms with Crippen LogP contribution < -0.4 is 10.1 Å². The van der Waals surface area contributed by atoms with Gasteiger partial charge in [0, 0.05) is 12.6 Å². The van der Waals surface area contributed by atoms with E-state index >= 15 is 0 Å². The number of anilines is 1. The molecule has 1 rings (SSSR count). The first-order valence-corrected chi connectivity index (χ1v) is 7.14. The number of ether oxygens (including phenoxy) is 1. The number of benzene rings is 1. The summed E-state index contributed by atoms with van der Waals surface area (Å²) < 4.78 is 41.5. The van der Waals surface area contributed by atoms with Crippen molar-refractivity contribution in [3.05, 3.63) is 24.3 Å². The number of amides is 2. The summed E-state index contributed by atoms with van der Waals surface area (Å²) in [5.74, 6) is -0.0704. The summed E-state index contributed by atoms with van der Waals surface area (Å²) in [6.07, 6.45) is -5.19. The van der Waals surface area contributed by atoms with Crippen LogP contribution in [-0.2, 0) is 0 Å². The molecule has 0 aliphatic carbocycles. The molecule has 0 fully saturated rings. The molecule has 0 aliphatic rings. The van der Waals surface area contributed by atoms with Gasteiger partial charge in [-0.05, 0) is 32.9 Å². The summed E-state index contributed by atoms with van der Waals surface area (Å²) in [5.41, 5.74) is 0.137. The molecule has 2 amide bonds. The molecule has 0 bridgehead atoms. The number of aliphatic hydroxyl groups is 1. The van der Waals surface area contributed by atoms with Gasteiger partial charge in [0.2, 0.25) is 0 Å². The van der Waals surface area contributed by atoms with Gasteiger partial charge in [0.05, 0.1) is 11.8 Å². The number of aliphatic hydroxyl groups excluding tert-OH is 1. The van der Waals surface area contributed by atoms with E-state index in [2.05, 4.69) is 5.32 Å². The van der Waals surface area contributed by atoms with E-state index in [0.717, 1.165) is 0 Å². The number of halogens is 3. The maximum atomic E-state index is 12.3. The quantitative estimate of drug-likeness (QED) is 0.839. The second-order valence-corrected chi connectivity index (χ2v) is 5.43. The smallest absolute Gasteiger partial charge is 0.422 e. The van der Waals surface area contributed by atoms with Crippen LogP contribution in [0.2, 0.25) is 0 Å². The lowest BCUT2D eigenvalue weighted by Crippen LogP contribution is -2.43. The van der Waals surface area contributed by atoms with E-state index in [-0.39, 0.29) is 24.0 Å². The van der Waals surface area contributed by atoms with Crippen LogP contribution in [0.1, 0.15) is 20.8 Å². The molecular formula is C15H21F3N2O3. The van der Waals surface area contributed by atoms with Crippen LogP contribution >= 0.6 is 0 Å². The third-order valence-corrected chi connectivity index (χ3v) is 2.87. The minimum Gasteiger partial charge on any atom is -0.482 e. The van der Waals surface area contributed by atoms with Gasteiger partial charge < -0.3 is 20.1 Å². The minimum atomic E-state index is -4.46. The van der Waals surface area contributed by atoms with Gasteiger partial charge in [-0.15, -0.1) is 0 Å². The summed E-state index contributed by atoms with van der Waals surface area (Å²) in [6.45, 7) is 3.75. The topological polar surface area (TPSA) is 61.8 Å². The normalized spacial score (nSPS) is 12.9. The summed E-state index contributed by atoms with van der Waals surface area (Å²) in [5, 5.41) is 12.0. The number of carbonyl (C=O) groups is 1. The molecule has 8 heteroatoms. The fourth-order valence-electron chi connectivity index (χ4n) is 1.86. The van der Waals surface area contributed by atoms with Gasteiger partial charge in [0.25, 0.3) is 0 Å². The zero-order chi connectivity index (χ0) is 17.6. The van der Waals surface area contributed by atoms with Crippen molar-refractivity contribution in [3.63, 3.8) is 0 Å². The molecule has 1 atom stereocenters. The SMILES string of the molecule is CC(O)CN(C(=O)Nc1ccccc1OCC(F)(F)F)C(C)C. The molecule has 130 valence electrons. The monoisotopic (exact) mass is 334 g/mol. The van der Waals surface area contributed by atoms with Crippen molar-refractivity contribution in [1.82, 2.24) is 4.90 Å². The Morgan fingerprint density at radius 1 is 1.30 bits per heavy atom. The molecule has 1 aromatic rings. The van der Waals surface area contributed by atoms with E-state index in [1.807, 2.05) is 0 Å². The number of carbonyl (C=O) groups excluding carboxylic acids is 1. The van der Waals surface area contributed by atoms with Crippen molar-refractivity contribution in [2.24, 2.45) is 0 Å². The third-order valence-electron chi connectivity index (χ3n) is 2.87. The van der Waals surface area contributed by atoms with Gasteiger partial charge in [0.1, 0.15) is 5.75 Å². The van der Waals surface area contributed by atoms with Gasteiger partial charge in [-0.25, -0.2) is 4.79 Å². The molecule has 0 aromatic heterocycles. The van der Waals surface area contributed by atoms with Crippen LogP contribution in [0.25, 0.3) is 0 Å². The van der Waals surface area contributed by atoms with Crippen LogP contribution in [0.5, 0.6) is 5.75 Å². The van der Waals surface area contributed by atoms with Crippen LogP contribution in [0.3, 0.4) is 0 Å². The van der Waals surface area contributed by atoms with Crippen molar-refractivity contribution >= 4 is 11.7 Å². The zero-order valence-electron chi connectivity index (χ0n) is 13.2. The van der Waals surface area contributed by atoms with E-state index in [1.165, 1.54) is 23.1 Å². The van der Waals surface area contributed by atoms with Gasteiger partial charge in [-0.3, -0.25) is 0 Å². The first-order chi connectivity index (χ1) is 10.6. The lowest BCUT2D eigenvalue weighted by atomic mass is 10.2. The predicted octanol–water partition coefficient (Wildman–Crippen LogP) is 3.25. The number of hydrogen-bond donors (Lipinski definition) is 2. The fraction of sp³-hybridized carbons (Fsp3) is 0.533. The number of urea groups is 1.